The van der Waals surface area contributed by atoms with Crippen LogP contribution in [-0.4, -0.2) is 18.2 Å². The Labute approximate surface area is 110 Å². The Hall–Kier alpha value is -1.22. The van der Waals surface area contributed by atoms with Gasteiger partial charge >= 0.3 is 0 Å². The second-order valence-corrected chi connectivity index (χ2v) is 4.83. The molecular formula is C14H16BrNO. The van der Waals surface area contributed by atoms with Gasteiger partial charge in [0.1, 0.15) is 5.75 Å². The lowest BCUT2D eigenvalue weighted by Crippen LogP contribution is -2.22. The highest BCUT2D eigenvalue weighted by Gasteiger charge is 2.11. The van der Waals surface area contributed by atoms with Crippen LogP contribution in [0.5, 0.6) is 5.75 Å². The molecule has 1 N–H and O–H groups in total. The molecule has 3 heteroatoms. The summed E-state index contributed by atoms with van der Waals surface area (Å²) in [6.45, 7) is 6.17. The van der Waals surface area contributed by atoms with Gasteiger partial charge in [0.25, 0.3) is 0 Å². The van der Waals surface area contributed by atoms with Crippen LogP contribution in [0.25, 0.3) is 10.8 Å². The van der Waals surface area contributed by atoms with Crippen molar-refractivity contribution in [3.05, 3.63) is 34.8 Å². The lowest BCUT2D eigenvalue weighted by Gasteiger charge is -2.24. The minimum Gasteiger partial charge on any atom is -0.508 e. The highest BCUT2D eigenvalue weighted by molar-refractivity contribution is 9.10. The van der Waals surface area contributed by atoms with Crippen LogP contribution in [-0.2, 0) is 0 Å². The van der Waals surface area contributed by atoms with Gasteiger partial charge in [0.2, 0.25) is 0 Å². The standard InChI is InChI=1S/C14H16BrNO/c1-3-16(4-2)14-12-9-11(17)7-5-10(12)6-8-13(14)15/h5-9,17H,3-4H2,1-2H3. The van der Waals surface area contributed by atoms with Crippen LogP contribution in [0.4, 0.5) is 5.69 Å². The van der Waals surface area contributed by atoms with Crippen LogP contribution in [0.3, 0.4) is 0 Å². The molecule has 0 aromatic heterocycles. The van der Waals surface area contributed by atoms with Crippen LogP contribution in [0.15, 0.2) is 34.8 Å². The van der Waals surface area contributed by atoms with Crippen LogP contribution in [0.2, 0.25) is 0 Å². The number of rotatable bonds is 3. The Balaban J connectivity index is 2.73. The van der Waals surface area contributed by atoms with Crippen molar-refractivity contribution < 1.29 is 5.11 Å². The van der Waals surface area contributed by atoms with Gasteiger partial charge < -0.3 is 10.0 Å². The van der Waals surface area contributed by atoms with E-state index in [9.17, 15) is 5.11 Å². The summed E-state index contributed by atoms with van der Waals surface area (Å²) in [4.78, 5) is 2.28. The Bertz CT molecular complexity index is 530. The lowest BCUT2D eigenvalue weighted by molar-refractivity contribution is 0.476. The predicted octanol–water partition coefficient (Wildman–Crippen LogP) is 4.15. The molecule has 0 aliphatic heterocycles. The molecule has 0 fully saturated rings. The molecule has 2 aromatic carbocycles. The molecule has 90 valence electrons. The van der Waals surface area contributed by atoms with Gasteiger partial charge in [0, 0.05) is 22.9 Å². The lowest BCUT2D eigenvalue weighted by atomic mass is 10.1. The molecule has 0 amide bonds. The van der Waals surface area contributed by atoms with Crippen molar-refractivity contribution in [1.29, 1.82) is 0 Å². The first-order valence-electron chi connectivity index (χ1n) is 5.83. The SMILES string of the molecule is CCN(CC)c1c(Br)ccc2ccc(O)cc12. The zero-order valence-corrected chi connectivity index (χ0v) is 11.7. The first kappa shape index (κ1) is 12.2. The van der Waals surface area contributed by atoms with Crippen LogP contribution < -0.4 is 4.90 Å². The molecule has 0 saturated carbocycles. The van der Waals surface area contributed by atoms with Gasteiger partial charge in [-0.25, -0.2) is 0 Å². The largest absolute Gasteiger partial charge is 0.508 e. The van der Waals surface area contributed by atoms with E-state index in [2.05, 4.69) is 46.8 Å². The third kappa shape index (κ3) is 2.25. The number of phenolic OH excluding ortho intramolecular Hbond substituents is 1. The molecule has 0 bridgehead atoms. The smallest absolute Gasteiger partial charge is 0.116 e. The van der Waals surface area contributed by atoms with Crippen LogP contribution >= 0.6 is 15.9 Å². The Morgan fingerprint density at radius 1 is 1.12 bits per heavy atom. The van der Waals surface area contributed by atoms with E-state index in [1.807, 2.05) is 12.1 Å². The third-order valence-electron chi connectivity index (χ3n) is 3.01. The van der Waals surface area contributed by atoms with Crippen molar-refractivity contribution in [2.75, 3.05) is 18.0 Å². The van der Waals surface area contributed by atoms with Gasteiger partial charge in [-0.15, -0.1) is 0 Å². The van der Waals surface area contributed by atoms with Gasteiger partial charge in [0.05, 0.1) is 5.69 Å². The van der Waals surface area contributed by atoms with Gasteiger partial charge in [0.15, 0.2) is 0 Å². The first-order valence-corrected chi connectivity index (χ1v) is 6.62. The van der Waals surface area contributed by atoms with E-state index < -0.39 is 0 Å². The minimum atomic E-state index is 0.309. The zero-order valence-electron chi connectivity index (χ0n) is 10.1. The fourth-order valence-corrected chi connectivity index (χ4v) is 2.72. The summed E-state index contributed by atoms with van der Waals surface area (Å²) < 4.78 is 1.07. The topological polar surface area (TPSA) is 23.5 Å². The van der Waals surface area contributed by atoms with Crippen molar-refractivity contribution in [3.8, 4) is 5.75 Å². The number of benzene rings is 2. The Morgan fingerprint density at radius 3 is 2.41 bits per heavy atom. The van der Waals surface area contributed by atoms with Crippen LogP contribution in [0, 0.1) is 0 Å². The van der Waals surface area contributed by atoms with E-state index >= 15 is 0 Å². The maximum atomic E-state index is 9.64. The molecule has 2 aromatic rings. The molecule has 0 saturated heterocycles. The number of phenols is 1. The minimum absolute atomic E-state index is 0.309. The summed E-state index contributed by atoms with van der Waals surface area (Å²) >= 11 is 3.60. The highest BCUT2D eigenvalue weighted by Crippen LogP contribution is 2.36. The first-order chi connectivity index (χ1) is 8.17. The van der Waals surface area contributed by atoms with Crippen molar-refractivity contribution in [3.63, 3.8) is 0 Å². The summed E-state index contributed by atoms with van der Waals surface area (Å²) in [5, 5.41) is 11.9. The Morgan fingerprint density at radius 2 is 1.76 bits per heavy atom. The predicted molar refractivity (Wildman–Crippen MR) is 76.9 cm³/mol. The molecular weight excluding hydrogens is 278 g/mol. The maximum absolute atomic E-state index is 9.64. The molecule has 0 heterocycles. The van der Waals surface area contributed by atoms with Gasteiger partial charge in [-0.2, -0.15) is 0 Å². The van der Waals surface area contributed by atoms with Gasteiger partial charge in [-0.1, -0.05) is 12.1 Å². The number of nitrogens with zero attached hydrogens (tertiary/aromatic N) is 1. The summed E-state index contributed by atoms with van der Waals surface area (Å²) in [6, 6.07) is 9.62. The van der Waals surface area contributed by atoms with E-state index in [0.717, 1.165) is 34.0 Å². The molecule has 0 spiro atoms. The number of anilines is 1. The summed E-state index contributed by atoms with van der Waals surface area (Å²) in [5.74, 6) is 0.309. The number of aromatic hydroxyl groups is 1. The van der Waals surface area contributed by atoms with E-state index in [1.165, 1.54) is 0 Å². The maximum Gasteiger partial charge on any atom is 0.116 e. The number of fused-ring (bicyclic) bond motifs is 1. The molecule has 0 aliphatic carbocycles. The summed E-state index contributed by atoms with van der Waals surface area (Å²) in [5.41, 5.74) is 1.16. The molecule has 0 atom stereocenters. The number of hydrogen-bond acceptors (Lipinski definition) is 2. The van der Waals surface area contributed by atoms with E-state index in [4.69, 9.17) is 0 Å². The number of hydrogen-bond donors (Lipinski definition) is 1. The van der Waals surface area contributed by atoms with Crippen molar-refractivity contribution in [2.45, 2.75) is 13.8 Å². The van der Waals surface area contributed by atoms with Crippen molar-refractivity contribution in [2.24, 2.45) is 0 Å². The van der Waals surface area contributed by atoms with E-state index in [0.29, 0.717) is 5.75 Å². The molecule has 17 heavy (non-hydrogen) atoms. The molecule has 0 aliphatic rings. The van der Waals surface area contributed by atoms with E-state index in [-0.39, 0.29) is 0 Å². The quantitative estimate of drug-likeness (QED) is 0.919. The van der Waals surface area contributed by atoms with Crippen molar-refractivity contribution in [1.82, 2.24) is 0 Å². The second-order valence-electron chi connectivity index (χ2n) is 3.97. The molecule has 2 rings (SSSR count). The molecule has 2 nitrogen and oxygen atoms in total. The van der Waals surface area contributed by atoms with Crippen molar-refractivity contribution >= 4 is 32.4 Å². The molecule has 0 unspecified atom stereocenters. The molecule has 0 radical (unpaired) electrons. The normalized spacial score (nSPS) is 10.8. The Kier molecular flexibility index (Phi) is 3.57. The van der Waals surface area contributed by atoms with Crippen LogP contribution in [0.1, 0.15) is 13.8 Å². The fraction of sp³-hybridized carbons (Fsp3) is 0.286. The van der Waals surface area contributed by atoms with Gasteiger partial charge in [-0.3, -0.25) is 0 Å². The second kappa shape index (κ2) is 4.96. The third-order valence-corrected chi connectivity index (χ3v) is 3.65. The average Bonchev–Trinajstić information content (AvgIpc) is 2.33. The zero-order chi connectivity index (χ0) is 12.4. The van der Waals surface area contributed by atoms with Gasteiger partial charge in [-0.05, 0) is 53.4 Å². The van der Waals surface area contributed by atoms with E-state index in [1.54, 1.807) is 6.07 Å². The summed E-state index contributed by atoms with van der Waals surface area (Å²) in [6.07, 6.45) is 0. The fourth-order valence-electron chi connectivity index (χ4n) is 2.13. The average molecular weight is 294 g/mol. The highest BCUT2D eigenvalue weighted by atomic mass is 79.9. The number of halogens is 1. The monoisotopic (exact) mass is 293 g/mol. The summed E-state index contributed by atoms with van der Waals surface area (Å²) in [7, 11) is 0.